The molecule has 0 saturated heterocycles. The topological polar surface area (TPSA) is 75.7 Å². The van der Waals surface area contributed by atoms with E-state index >= 15 is 0 Å². The van der Waals surface area contributed by atoms with Crippen LogP contribution in [0, 0.1) is 0 Å². The lowest BCUT2D eigenvalue weighted by Crippen LogP contribution is -2.55. The average Bonchev–Trinajstić information content (AvgIpc) is 2.79. The number of carbonyl (C=O) groups is 1. The van der Waals surface area contributed by atoms with Gasteiger partial charge in [0.25, 0.3) is 15.9 Å². The van der Waals surface area contributed by atoms with Crippen molar-refractivity contribution in [1.29, 1.82) is 0 Å². The van der Waals surface area contributed by atoms with Crippen LogP contribution in [0.1, 0.15) is 19.4 Å². The Morgan fingerprint density at radius 3 is 2.25 bits per heavy atom. The molecule has 3 aromatic rings. The number of carbonyl (C=O) groups excluding carboxylic acids is 1. The maximum absolute atomic E-state index is 13.4. The second-order valence-electron chi connectivity index (χ2n) is 8.46. The molecule has 0 aromatic heterocycles. The Hall–Kier alpha value is -3.32. The molecule has 7 heteroatoms. The number of ether oxygens (including phenoxy) is 1. The SMILES string of the molecule is CC(C)(Cc1ccccc1)NC(=O)C1CN(S(=O)(=O)c2ccccc2)c2ccccc2O1. The molecule has 1 unspecified atom stereocenters. The van der Waals surface area contributed by atoms with Crippen molar-refractivity contribution in [1.82, 2.24) is 5.32 Å². The van der Waals surface area contributed by atoms with Crippen molar-refractivity contribution < 1.29 is 17.9 Å². The number of sulfonamides is 1. The van der Waals surface area contributed by atoms with Crippen LogP contribution in [0.2, 0.25) is 0 Å². The molecule has 0 bridgehead atoms. The fourth-order valence-electron chi connectivity index (χ4n) is 3.85. The fourth-order valence-corrected chi connectivity index (χ4v) is 5.35. The molecule has 1 amide bonds. The van der Waals surface area contributed by atoms with Crippen LogP contribution in [-0.2, 0) is 21.2 Å². The Kier molecular flexibility index (Phi) is 5.93. The molecule has 0 saturated carbocycles. The molecule has 1 aliphatic rings. The molecule has 0 spiro atoms. The van der Waals surface area contributed by atoms with Crippen LogP contribution in [0.25, 0.3) is 0 Å². The van der Waals surface area contributed by atoms with Gasteiger partial charge in [0, 0.05) is 5.54 Å². The first kappa shape index (κ1) is 21.9. The van der Waals surface area contributed by atoms with E-state index in [9.17, 15) is 13.2 Å². The van der Waals surface area contributed by atoms with Crippen molar-refractivity contribution in [2.75, 3.05) is 10.8 Å². The lowest BCUT2D eigenvalue weighted by Gasteiger charge is -2.36. The summed E-state index contributed by atoms with van der Waals surface area (Å²) in [5.74, 6) is 0.00738. The van der Waals surface area contributed by atoms with Crippen LogP contribution >= 0.6 is 0 Å². The van der Waals surface area contributed by atoms with Gasteiger partial charge in [-0.15, -0.1) is 0 Å². The van der Waals surface area contributed by atoms with Gasteiger partial charge in [-0.25, -0.2) is 8.42 Å². The Morgan fingerprint density at radius 2 is 1.56 bits per heavy atom. The number of benzene rings is 3. The summed E-state index contributed by atoms with van der Waals surface area (Å²) in [5.41, 5.74) is 0.979. The largest absolute Gasteiger partial charge is 0.476 e. The van der Waals surface area contributed by atoms with Crippen LogP contribution in [0.15, 0.2) is 89.8 Å². The van der Waals surface area contributed by atoms with E-state index in [0.29, 0.717) is 17.9 Å². The molecular weight excluding hydrogens is 424 g/mol. The molecule has 0 fully saturated rings. The summed E-state index contributed by atoms with van der Waals surface area (Å²) in [5, 5.41) is 3.03. The standard InChI is InChI=1S/C25H26N2O4S/c1-25(2,17-19-11-5-3-6-12-19)26-24(28)23-18-27(21-15-9-10-16-22(21)31-23)32(29,30)20-13-7-4-8-14-20/h3-16,23H,17-18H2,1-2H3,(H,26,28). The summed E-state index contributed by atoms with van der Waals surface area (Å²) in [4.78, 5) is 13.3. The smallest absolute Gasteiger partial charge is 0.264 e. The van der Waals surface area contributed by atoms with Crippen LogP contribution in [0.5, 0.6) is 5.75 Å². The fraction of sp³-hybridized carbons (Fsp3) is 0.240. The Labute approximate surface area is 188 Å². The third-order valence-electron chi connectivity index (χ3n) is 5.31. The van der Waals surface area contributed by atoms with Gasteiger partial charge in [-0.2, -0.15) is 0 Å². The van der Waals surface area contributed by atoms with E-state index in [0.717, 1.165) is 5.56 Å². The zero-order valence-corrected chi connectivity index (χ0v) is 18.9. The number of hydrogen-bond acceptors (Lipinski definition) is 4. The first-order valence-corrected chi connectivity index (χ1v) is 11.9. The van der Waals surface area contributed by atoms with Gasteiger partial charge in [0.2, 0.25) is 0 Å². The van der Waals surface area contributed by atoms with Gasteiger partial charge in [0.1, 0.15) is 5.75 Å². The summed E-state index contributed by atoms with van der Waals surface area (Å²) >= 11 is 0. The maximum atomic E-state index is 13.4. The normalized spacial score (nSPS) is 16.1. The van der Waals surface area contributed by atoms with Gasteiger partial charge >= 0.3 is 0 Å². The van der Waals surface area contributed by atoms with Gasteiger partial charge in [0.05, 0.1) is 17.1 Å². The van der Waals surface area contributed by atoms with E-state index in [1.54, 1.807) is 54.6 Å². The van der Waals surface area contributed by atoms with E-state index in [1.807, 2.05) is 44.2 Å². The van der Waals surface area contributed by atoms with Crippen molar-refractivity contribution in [2.24, 2.45) is 0 Å². The number of fused-ring (bicyclic) bond motifs is 1. The van der Waals surface area contributed by atoms with Gasteiger partial charge < -0.3 is 10.1 Å². The first-order valence-electron chi connectivity index (χ1n) is 10.5. The highest BCUT2D eigenvalue weighted by atomic mass is 32.2. The molecule has 0 aliphatic carbocycles. The monoisotopic (exact) mass is 450 g/mol. The number of para-hydroxylation sites is 2. The number of anilines is 1. The number of nitrogens with zero attached hydrogens (tertiary/aromatic N) is 1. The van der Waals surface area contributed by atoms with Crippen molar-refractivity contribution in [2.45, 2.75) is 36.8 Å². The Morgan fingerprint density at radius 1 is 0.969 bits per heavy atom. The third kappa shape index (κ3) is 4.62. The van der Waals surface area contributed by atoms with Crippen LogP contribution in [0.3, 0.4) is 0 Å². The molecule has 32 heavy (non-hydrogen) atoms. The highest BCUT2D eigenvalue weighted by Gasteiger charge is 2.38. The number of rotatable bonds is 6. The maximum Gasteiger partial charge on any atom is 0.264 e. The lowest BCUT2D eigenvalue weighted by molar-refractivity contribution is -0.129. The molecule has 1 heterocycles. The van der Waals surface area contributed by atoms with Crippen LogP contribution < -0.4 is 14.4 Å². The second-order valence-corrected chi connectivity index (χ2v) is 10.3. The summed E-state index contributed by atoms with van der Waals surface area (Å²) in [6.45, 7) is 3.77. The zero-order chi connectivity index (χ0) is 22.8. The van der Waals surface area contributed by atoms with E-state index in [1.165, 1.54) is 4.31 Å². The van der Waals surface area contributed by atoms with E-state index < -0.39 is 21.7 Å². The van der Waals surface area contributed by atoms with Crippen molar-refractivity contribution in [3.05, 3.63) is 90.5 Å². The number of hydrogen-bond donors (Lipinski definition) is 1. The van der Waals surface area contributed by atoms with Crippen LogP contribution in [0.4, 0.5) is 5.69 Å². The highest BCUT2D eigenvalue weighted by molar-refractivity contribution is 7.92. The summed E-state index contributed by atoms with van der Waals surface area (Å²) in [6, 6.07) is 25.0. The predicted octanol–water partition coefficient (Wildman–Crippen LogP) is 3.78. The predicted molar refractivity (Wildman–Crippen MR) is 124 cm³/mol. The van der Waals surface area contributed by atoms with Gasteiger partial charge in [-0.1, -0.05) is 60.7 Å². The van der Waals surface area contributed by atoms with Crippen LogP contribution in [-0.4, -0.2) is 32.5 Å². The molecule has 0 radical (unpaired) electrons. The molecule has 166 valence electrons. The summed E-state index contributed by atoms with van der Waals surface area (Å²) in [7, 11) is -3.86. The summed E-state index contributed by atoms with van der Waals surface area (Å²) < 4.78 is 34.0. The molecule has 6 nitrogen and oxygen atoms in total. The molecule has 1 aliphatic heterocycles. The third-order valence-corrected chi connectivity index (χ3v) is 7.10. The van der Waals surface area contributed by atoms with Gasteiger partial charge in [-0.05, 0) is 50.1 Å². The Balaban J connectivity index is 1.59. The molecule has 4 rings (SSSR count). The first-order chi connectivity index (χ1) is 15.3. The molecule has 3 aromatic carbocycles. The van der Waals surface area contributed by atoms with E-state index in [4.69, 9.17) is 4.74 Å². The molecular formula is C25H26N2O4S. The average molecular weight is 451 g/mol. The minimum atomic E-state index is -3.86. The van der Waals surface area contributed by atoms with Crippen molar-refractivity contribution in [3.63, 3.8) is 0 Å². The lowest BCUT2D eigenvalue weighted by atomic mass is 9.94. The van der Waals surface area contributed by atoms with E-state index in [-0.39, 0.29) is 17.3 Å². The van der Waals surface area contributed by atoms with Gasteiger partial charge in [-0.3, -0.25) is 9.10 Å². The minimum Gasteiger partial charge on any atom is -0.476 e. The van der Waals surface area contributed by atoms with Crippen molar-refractivity contribution >= 4 is 21.6 Å². The second kappa shape index (κ2) is 8.67. The minimum absolute atomic E-state index is 0.110. The molecule has 1 N–H and O–H groups in total. The van der Waals surface area contributed by atoms with Gasteiger partial charge in [0.15, 0.2) is 6.10 Å². The highest BCUT2D eigenvalue weighted by Crippen LogP contribution is 2.36. The van der Waals surface area contributed by atoms with Crippen molar-refractivity contribution in [3.8, 4) is 5.75 Å². The number of amides is 1. The Bertz CT molecular complexity index is 1190. The van der Waals surface area contributed by atoms with E-state index in [2.05, 4.69) is 5.32 Å². The number of nitrogens with one attached hydrogen (secondary N) is 1. The zero-order valence-electron chi connectivity index (χ0n) is 18.1. The summed E-state index contributed by atoms with van der Waals surface area (Å²) in [6.07, 6.45) is -0.340. The molecule has 1 atom stereocenters. The quantitative estimate of drug-likeness (QED) is 0.620.